The number of rotatable bonds is 6. The van der Waals surface area contributed by atoms with Gasteiger partial charge in [0.2, 0.25) is 0 Å². The third kappa shape index (κ3) is 3.96. The van der Waals surface area contributed by atoms with Gasteiger partial charge in [0, 0.05) is 12.1 Å². The van der Waals surface area contributed by atoms with Gasteiger partial charge in [-0.2, -0.15) is 0 Å². The van der Waals surface area contributed by atoms with Gasteiger partial charge in [-0.05, 0) is 32.0 Å². The minimum Gasteiger partial charge on any atom is -0.466 e. The van der Waals surface area contributed by atoms with Crippen LogP contribution in [0.2, 0.25) is 0 Å². The predicted octanol–water partition coefficient (Wildman–Crippen LogP) is 1.10. The topological polar surface area (TPSA) is 98.7 Å². The Hall–Kier alpha value is -2.08. The molecule has 4 N–H and O–H groups in total. The molecule has 0 aliphatic heterocycles. The molecule has 0 bridgehead atoms. The first-order valence-electron chi connectivity index (χ1n) is 6.10. The highest BCUT2D eigenvalue weighted by Gasteiger charge is 2.14. The van der Waals surface area contributed by atoms with Gasteiger partial charge in [-0.3, -0.25) is 9.59 Å². The summed E-state index contributed by atoms with van der Waals surface area (Å²) in [5.74, 6) is 4.88. The van der Waals surface area contributed by atoms with Gasteiger partial charge in [-0.25, -0.2) is 5.84 Å². The van der Waals surface area contributed by atoms with Crippen LogP contribution in [0.15, 0.2) is 18.2 Å². The standard InChI is InChI=1S/C13H19N3O3/c1-3-16(15)11-6-5-9(7-10(11)14)12(17)8-13(18)19-4-2/h5-7H,3-4,8,14-15H2,1-2H3. The van der Waals surface area contributed by atoms with Crippen LogP contribution in [0.1, 0.15) is 30.6 Å². The maximum absolute atomic E-state index is 11.8. The number of nitrogens with zero attached hydrogens (tertiary/aromatic N) is 1. The minimum atomic E-state index is -0.538. The average Bonchev–Trinajstić information content (AvgIpc) is 2.37. The van der Waals surface area contributed by atoms with Gasteiger partial charge in [0.25, 0.3) is 0 Å². The molecule has 1 aromatic rings. The molecule has 6 heteroatoms. The lowest BCUT2D eigenvalue weighted by Crippen LogP contribution is -2.31. The number of hydrogen-bond acceptors (Lipinski definition) is 6. The SMILES string of the molecule is CCOC(=O)CC(=O)c1ccc(N(N)CC)c(N)c1. The molecule has 104 valence electrons. The number of hydrazine groups is 1. The first kappa shape index (κ1) is 15.0. The summed E-state index contributed by atoms with van der Waals surface area (Å²) in [7, 11) is 0. The minimum absolute atomic E-state index is 0.256. The molecule has 0 spiro atoms. The van der Waals surface area contributed by atoms with Crippen molar-refractivity contribution in [3.05, 3.63) is 23.8 Å². The summed E-state index contributed by atoms with van der Waals surface area (Å²) in [4.78, 5) is 23.1. The summed E-state index contributed by atoms with van der Waals surface area (Å²) in [6, 6.07) is 4.78. The number of esters is 1. The van der Waals surface area contributed by atoms with Crippen molar-refractivity contribution in [3.63, 3.8) is 0 Å². The van der Waals surface area contributed by atoms with Crippen LogP contribution < -0.4 is 16.6 Å². The predicted molar refractivity (Wildman–Crippen MR) is 73.6 cm³/mol. The molecule has 0 aliphatic carbocycles. The number of carbonyl (C=O) groups excluding carboxylic acids is 2. The van der Waals surface area contributed by atoms with E-state index in [0.29, 0.717) is 23.5 Å². The summed E-state index contributed by atoms with van der Waals surface area (Å²) in [6.07, 6.45) is -0.285. The number of hydrogen-bond donors (Lipinski definition) is 2. The molecule has 0 amide bonds. The summed E-state index contributed by atoms with van der Waals surface area (Å²) >= 11 is 0. The van der Waals surface area contributed by atoms with Crippen molar-refractivity contribution >= 4 is 23.1 Å². The van der Waals surface area contributed by atoms with Gasteiger partial charge in [-0.1, -0.05) is 0 Å². The number of Topliss-reactive ketones (excluding diaryl/α,β-unsaturated/α-hetero) is 1. The zero-order chi connectivity index (χ0) is 14.4. The monoisotopic (exact) mass is 265 g/mol. The Labute approximate surface area is 112 Å². The Balaban J connectivity index is 2.83. The number of benzene rings is 1. The van der Waals surface area contributed by atoms with Crippen LogP contribution in [-0.4, -0.2) is 24.9 Å². The molecule has 19 heavy (non-hydrogen) atoms. The van der Waals surface area contributed by atoms with Gasteiger partial charge >= 0.3 is 5.97 Å². The molecule has 1 rings (SSSR count). The Bertz CT molecular complexity index is 474. The van der Waals surface area contributed by atoms with E-state index in [1.165, 1.54) is 11.1 Å². The van der Waals surface area contributed by atoms with Gasteiger partial charge < -0.3 is 15.5 Å². The second kappa shape index (κ2) is 6.75. The highest BCUT2D eigenvalue weighted by Crippen LogP contribution is 2.22. The Morgan fingerprint density at radius 1 is 1.32 bits per heavy atom. The highest BCUT2D eigenvalue weighted by molar-refractivity contribution is 6.06. The molecule has 0 saturated carbocycles. The van der Waals surface area contributed by atoms with E-state index in [9.17, 15) is 9.59 Å². The molecular weight excluding hydrogens is 246 g/mol. The Morgan fingerprint density at radius 3 is 2.53 bits per heavy atom. The summed E-state index contributed by atoms with van der Waals surface area (Å²) in [6.45, 7) is 4.43. The maximum atomic E-state index is 11.8. The number of nitrogens with two attached hydrogens (primary N) is 2. The molecule has 0 atom stereocenters. The normalized spacial score (nSPS) is 10.1. The Morgan fingerprint density at radius 2 is 2.00 bits per heavy atom. The fourth-order valence-electron chi connectivity index (χ4n) is 1.61. The van der Waals surface area contributed by atoms with Crippen LogP contribution in [0.4, 0.5) is 11.4 Å². The molecule has 0 aliphatic rings. The van der Waals surface area contributed by atoms with Crippen LogP contribution in [0.25, 0.3) is 0 Å². The average molecular weight is 265 g/mol. The van der Waals surface area contributed by atoms with Crippen LogP contribution in [0.5, 0.6) is 0 Å². The second-order valence-corrected chi connectivity index (χ2v) is 3.96. The lowest BCUT2D eigenvalue weighted by molar-refractivity contribution is -0.141. The van der Waals surface area contributed by atoms with Crippen LogP contribution in [0, 0.1) is 0 Å². The molecular formula is C13H19N3O3. The van der Waals surface area contributed by atoms with Crippen molar-refractivity contribution in [1.29, 1.82) is 0 Å². The zero-order valence-electron chi connectivity index (χ0n) is 11.2. The zero-order valence-corrected chi connectivity index (χ0v) is 11.2. The maximum Gasteiger partial charge on any atom is 0.313 e. The first-order chi connectivity index (χ1) is 8.99. The van der Waals surface area contributed by atoms with E-state index in [1.54, 1.807) is 19.1 Å². The van der Waals surface area contributed by atoms with E-state index in [-0.39, 0.29) is 18.8 Å². The van der Waals surface area contributed by atoms with E-state index in [1.807, 2.05) is 6.92 Å². The number of ketones is 1. The fraction of sp³-hybridized carbons (Fsp3) is 0.385. The third-order valence-electron chi connectivity index (χ3n) is 2.61. The molecule has 0 saturated heterocycles. The number of nitrogen functional groups attached to an aromatic ring is 1. The number of anilines is 2. The number of ether oxygens (including phenoxy) is 1. The van der Waals surface area contributed by atoms with Crippen molar-refractivity contribution in [2.24, 2.45) is 5.84 Å². The lowest BCUT2D eigenvalue weighted by atomic mass is 10.1. The molecule has 0 radical (unpaired) electrons. The van der Waals surface area contributed by atoms with Crippen molar-refractivity contribution in [2.75, 3.05) is 23.9 Å². The van der Waals surface area contributed by atoms with E-state index in [2.05, 4.69) is 0 Å². The summed E-state index contributed by atoms with van der Waals surface area (Å²) in [5.41, 5.74) is 7.26. The molecule has 0 fully saturated rings. The molecule has 0 unspecified atom stereocenters. The molecule has 0 aromatic heterocycles. The number of carbonyl (C=O) groups is 2. The van der Waals surface area contributed by atoms with E-state index >= 15 is 0 Å². The largest absolute Gasteiger partial charge is 0.466 e. The summed E-state index contributed by atoms with van der Waals surface area (Å²) in [5, 5.41) is 1.48. The highest BCUT2D eigenvalue weighted by atomic mass is 16.5. The second-order valence-electron chi connectivity index (χ2n) is 3.96. The van der Waals surface area contributed by atoms with E-state index < -0.39 is 5.97 Å². The quantitative estimate of drug-likeness (QED) is 0.200. The molecule has 0 heterocycles. The fourth-order valence-corrected chi connectivity index (χ4v) is 1.61. The van der Waals surface area contributed by atoms with Crippen LogP contribution in [-0.2, 0) is 9.53 Å². The van der Waals surface area contributed by atoms with Crippen molar-refractivity contribution in [1.82, 2.24) is 0 Å². The van der Waals surface area contributed by atoms with Crippen LogP contribution >= 0.6 is 0 Å². The van der Waals surface area contributed by atoms with E-state index in [0.717, 1.165) is 0 Å². The van der Waals surface area contributed by atoms with Crippen LogP contribution in [0.3, 0.4) is 0 Å². The smallest absolute Gasteiger partial charge is 0.313 e. The third-order valence-corrected chi connectivity index (χ3v) is 2.61. The van der Waals surface area contributed by atoms with Gasteiger partial charge in [-0.15, -0.1) is 0 Å². The molecule has 1 aromatic carbocycles. The van der Waals surface area contributed by atoms with Crippen molar-refractivity contribution in [3.8, 4) is 0 Å². The Kier molecular flexibility index (Phi) is 5.32. The lowest BCUT2D eigenvalue weighted by Gasteiger charge is -2.18. The molecule has 6 nitrogen and oxygen atoms in total. The van der Waals surface area contributed by atoms with Gasteiger partial charge in [0.05, 0.1) is 18.0 Å². The van der Waals surface area contributed by atoms with Gasteiger partial charge in [0.15, 0.2) is 5.78 Å². The van der Waals surface area contributed by atoms with E-state index in [4.69, 9.17) is 16.3 Å². The van der Waals surface area contributed by atoms with Gasteiger partial charge in [0.1, 0.15) is 6.42 Å². The summed E-state index contributed by atoms with van der Waals surface area (Å²) < 4.78 is 4.72. The van der Waals surface area contributed by atoms with Crippen molar-refractivity contribution in [2.45, 2.75) is 20.3 Å². The first-order valence-corrected chi connectivity index (χ1v) is 6.10. The van der Waals surface area contributed by atoms with Crippen molar-refractivity contribution < 1.29 is 14.3 Å².